The summed E-state index contributed by atoms with van der Waals surface area (Å²) >= 11 is 0. The standard InChI is InChI=1S/C17H22N2O6/c1-10(2)11(3)19-15(20)8-23-16(21)7-18-17(22)12-4-5-13-14(6-12)25-9-24-13/h4-6,10-11H,7-9H2,1-3H3,(H,18,22)(H,19,20)/t11-/m0/s1. The van der Waals surface area contributed by atoms with E-state index in [1.165, 1.54) is 6.07 Å². The summed E-state index contributed by atoms with van der Waals surface area (Å²) in [4.78, 5) is 35.3. The minimum Gasteiger partial charge on any atom is -0.454 e. The van der Waals surface area contributed by atoms with E-state index in [1.807, 2.05) is 20.8 Å². The number of amides is 2. The van der Waals surface area contributed by atoms with Gasteiger partial charge in [0.05, 0.1) is 0 Å². The smallest absolute Gasteiger partial charge is 0.325 e. The van der Waals surface area contributed by atoms with Gasteiger partial charge in [0.25, 0.3) is 11.8 Å². The zero-order valence-electron chi connectivity index (χ0n) is 14.5. The summed E-state index contributed by atoms with van der Waals surface area (Å²) in [7, 11) is 0. The fourth-order valence-corrected chi connectivity index (χ4v) is 1.95. The van der Waals surface area contributed by atoms with Crippen LogP contribution in [0.15, 0.2) is 18.2 Å². The maximum absolute atomic E-state index is 12.0. The molecule has 1 aromatic carbocycles. The summed E-state index contributed by atoms with van der Waals surface area (Å²) in [6, 6.07) is 4.70. The molecule has 25 heavy (non-hydrogen) atoms. The zero-order valence-corrected chi connectivity index (χ0v) is 14.5. The number of hydrogen-bond donors (Lipinski definition) is 2. The first-order valence-electron chi connectivity index (χ1n) is 7.99. The van der Waals surface area contributed by atoms with Gasteiger partial charge >= 0.3 is 5.97 Å². The van der Waals surface area contributed by atoms with Gasteiger partial charge < -0.3 is 24.8 Å². The molecule has 2 N–H and O–H groups in total. The van der Waals surface area contributed by atoms with Gasteiger partial charge in [0, 0.05) is 11.6 Å². The van der Waals surface area contributed by atoms with Gasteiger partial charge in [0.1, 0.15) is 6.54 Å². The molecule has 0 fully saturated rings. The molecular weight excluding hydrogens is 328 g/mol. The van der Waals surface area contributed by atoms with Gasteiger partial charge in [-0.1, -0.05) is 13.8 Å². The topological polar surface area (TPSA) is 103 Å². The van der Waals surface area contributed by atoms with Crippen LogP contribution >= 0.6 is 0 Å². The number of benzene rings is 1. The van der Waals surface area contributed by atoms with Crippen LogP contribution in [-0.2, 0) is 14.3 Å². The first-order chi connectivity index (χ1) is 11.9. The molecule has 0 saturated carbocycles. The fraction of sp³-hybridized carbons (Fsp3) is 0.471. The Morgan fingerprint density at radius 2 is 1.88 bits per heavy atom. The molecule has 0 unspecified atom stereocenters. The number of hydrogen-bond acceptors (Lipinski definition) is 6. The number of nitrogens with one attached hydrogen (secondary N) is 2. The Morgan fingerprint density at radius 1 is 1.16 bits per heavy atom. The highest BCUT2D eigenvalue weighted by Gasteiger charge is 2.17. The predicted octanol–water partition coefficient (Wildman–Crippen LogP) is 0.849. The van der Waals surface area contributed by atoms with Crippen molar-refractivity contribution in [2.45, 2.75) is 26.8 Å². The third-order valence-corrected chi connectivity index (χ3v) is 3.78. The summed E-state index contributed by atoms with van der Waals surface area (Å²) in [6.45, 7) is 5.22. The quantitative estimate of drug-likeness (QED) is 0.707. The van der Waals surface area contributed by atoms with Crippen LogP contribution in [-0.4, -0.2) is 43.8 Å². The number of ether oxygens (including phenoxy) is 3. The van der Waals surface area contributed by atoms with Gasteiger partial charge in [-0.3, -0.25) is 14.4 Å². The second-order valence-corrected chi connectivity index (χ2v) is 6.01. The molecule has 1 aliphatic rings. The summed E-state index contributed by atoms with van der Waals surface area (Å²) in [6.07, 6.45) is 0. The lowest BCUT2D eigenvalue weighted by atomic mass is 10.1. The summed E-state index contributed by atoms with van der Waals surface area (Å²) < 4.78 is 15.2. The summed E-state index contributed by atoms with van der Waals surface area (Å²) in [5, 5.41) is 5.15. The van der Waals surface area contributed by atoms with E-state index in [2.05, 4.69) is 10.6 Å². The third kappa shape index (κ3) is 5.37. The molecule has 0 radical (unpaired) electrons. The Balaban J connectivity index is 1.72. The predicted molar refractivity (Wildman–Crippen MR) is 88.3 cm³/mol. The van der Waals surface area contributed by atoms with Gasteiger partial charge in [-0.05, 0) is 31.0 Å². The molecule has 1 heterocycles. The lowest BCUT2D eigenvalue weighted by Crippen LogP contribution is -2.39. The van der Waals surface area contributed by atoms with E-state index >= 15 is 0 Å². The van der Waals surface area contributed by atoms with Crippen LogP contribution in [0.2, 0.25) is 0 Å². The lowest BCUT2D eigenvalue weighted by Gasteiger charge is -2.17. The summed E-state index contributed by atoms with van der Waals surface area (Å²) in [5.41, 5.74) is 0.334. The first-order valence-corrected chi connectivity index (χ1v) is 7.99. The lowest BCUT2D eigenvalue weighted by molar-refractivity contribution is -0.147. The van der Waals surface area contributed by atoms with Gasteiger partial charge in [-0.2, -0.15) is 0 Å². The molecule has 0 saturated heterocycles. The fourth-order valence-electron chi connectivity index (χ4n) is 1.95. The van der Waals surface area contributed by atoms with Crippen LogP contribution in [0, 0.1) is 5.92 Å². The highest BCUT2D eigenvalue weighted by atomic mass is 16.7. The number of rotatable bonds is 7. The first kappa shape index (κ1) is 18.6. The van der Waals surface area contributed by atoms with E-state index in [-0.39, 0.29) is 37.8 Å². The Kier molecular flexibility index (Phi) is 6.21. The van der Waals surface area contributed by atoms with Crippen molar-refractivity contribution < 1.29 is 28.6 Å². The van der Waals surface area contributed by atoms with Crippen LogP contribution in [0.4, 0.5) is 0 Å². The van der Waals surface area contributed by atoms with E-state index in [0.29, 0.717) is 17.1 Å². The maximum Gasteiger partial charge on any atom is 0.325 e. The Hall–Kier alpha value is -2.77. The van der Waals surface area contributed by atoms with E-state index in [1.54, 1.807) is 12.1 Å². The van der Waals surface area contributed by atoms with Crippen molar-refractivity contribution in [1.29, 1.82) is 0 Å². The van der Waals surface area contributed by atoms with Crippen LogP contribution < -0.4 is 20.1 Å². The van der Waals surface area contributed by atoms with Crippen molar-refractivity contribution in [3.05, 3.63) is 23.8 Å². The largest absolute Gasteiger partial charge is 0.454 e. The third-order valence-electron chi connectivity index (χ3n) is 3.78. The van der Waals surface area contributed by atoms with Gasteiger partial charge in [0.2, 0.25) is 6.79 Å². The molecular formula is C17H22N2O6. The van der Waals surface area contributed by atoms with Crippen molar-refractivity contribution >= 4 is 17.8 Å². The monoisotopic (exact) mass is 350 g/mol. The minimum absolute atomic E-state index is 0.0167. The molecule has 0 bridgehead atoms. The van der Waals surface area contributed by atoms with Gasteiger partial charge in [-0.15, -0.1) is 0 Å². The average Bonchev–Trinajstić information content (AvgIpc) is 3.05. The second kappa shape index (κ2) is 8.36. The molecule has 1 atom stereocenters. The summed E-state index contributed by atoms with van der Waals surface area (Å²) in [5.74, 6) is -0.198. The Morgan fingerprint density at radius 3 is 2.60 bits per heavy atom. The molecule has 8 nitrogen and oxygen atoms in total. The maximum atomic E-state index is 12.0. The van der Waals surface area contributed by atoms with E-state index in [0.717, 1.165) is 0 Å². The van der Waals surface area contributed by atoms with Crippen molar-refractivity contribution in [3.8, 4) is 11.5 Å². The van der Waals surface area contributed by atoms with Gasteiger partial charge in [0.15, 0.2) is 18.1 Å². The molecule has 2 rings (SSSR count). The Labute approximate surface area is 145 Å². The zero-order chi connectivity index (χ0) is 18.4. The molecule has 136 valence electrons. The van der Waals surface area contributed by atoms with E-state index in [4.69, 9.17) is 14.2 Å². The minimum atomic E-state index is -0.693. The van der Waals surface area contributed by atoms with Crippen LogP contribution in [0.1, 0.15) is 31.1 Å². The number of esters is 1. The Bertz CT molecular complexity index is 659. The molecule has 2 amide bonds. The average molecular weight is 350 g/mol. The molecule has 0 spiro atoms. The highest BCUT2D eigenvalue weighted by Crippen LogP contribution is 2.32. The highest BCUT2D eigenvalue weighted by molar-refractivity contribution is 5.96. The van der Waals surface area contributed by atoms with E-state index in [9.17, 15) is 14.4 Å². The molecule has 1 aromatic rings. The van der Waals surface area contributed by atoms with Crippen LogP contribution in [0.5, 0.6) is 11.5 Å². The number of fused-ring (bicyclic) bond motifs is 1. The SMILES string of the molecule is CC(C)[C@H](C)NC(=O)COC(=O)CNC(=O)c1ccc2c(c1)OCO2. The van der Waals surface area contributed by atoms with Crippen LogP contribution in [0.25, 0.3) is 0 Å². The van der Waals surface area contributed by atoms with Crippen molar-refractivity contribution in [2.24, 2.45) is 5.92 Å². The normalized spacial score (nSPS) is 13.3. The van der Waals surface area contributed by atoms with Crippen LogP contribution in [0.3, 0.4) is 0 Å². The van der Waals surface area contributed by atoms with E-state index < -0.39 is 11.9 Å². The number of carbonyl (C=O) groups excluding carboxylic acids is 3. The van der Waals surface area contributed by atoms with Crippen molar-refractivity contribution in [3.63, 3.8) is 0 Å². The molecule has 1 aliphatic heterocycles. The van der Waals surface area contributed by atoms with Gasteiger partial charge in [-0.25, -0.2) is 0 Å². The molecule has 0 aliphatic carbocycles. The molecule has 0 aromatic heterocycles. The molecule has 8 heteroatoms. The second-order valence-electron chi connectivity index (χ2n) is 6.01. The number of carbonyl (C=O) groups is 3. The van der Waals surface area contributed by atoms with Crippen molar-refractivity contribution in [2.75, 3.05) is 19.9 Å². The van der Waals surface area contributed by atoms with Crippen molar-refractivity contribution in [1.82, 2.24) is 10.6 Å².